The molecular formula is C24H23N7O3. The second-order valence-corrected chi connectivity index (χ2v) is 8.73. The van der Waals surface area contributed by atoms with Crippen molar-refractivity contribution in [3.63, 3.8) is 0 Å². The molecular weight excluding hydrogens is 434 g/mol. The third-order valence-corrected chi connectivity index (χ3v) is 6.06. The lowest BCUT2D eigenvalue weighted by Crippen LogP contribution is -2.46. The number of fused-ring (bicyclic) bond motifs is 1. The number of hydrogen-bond acceptors (Lipinski definition) is 7. The van der Waals surface area contributed by atoms with Gasteiger partial charge in [0.1, 0.15) is 0 Å². The summed E-state index contributed by atoms with van der Waals surface area (Å²) in [5.41, 5.74) is 1.99. The van der Waals surface area contributed by atoms with Gasteiger partial charge < -0.3 is 14.6 Å². The number of oxazole rings is 1. The van der Waals surface area contributed by atoms with Crippen molar-refractivity contribution in [1.82, 2.24) is 19.9 Å². The Morgan fingerprint density at radius 2 is 2.03 bits per heavy atom. The number of nitrogens with one attached hydrogen (secondary N) is 2. The number of rotatable bonds is 7. The molecule has 2 fully saturated rings. The van der Waals surface area contributed by atoms with Crippen LogP contribution in [0.2, 0.25) is 0 Å². The van der Waals surface area contributed by atoms with E-state index in [2.05, 4.69) is 32.2 Å². The van der Waals surface area contributed by atoms with E-state index in [1.54, 1.807) is 35.5 Å². The smallest absolute Gasteiger partial charge is 0.330 e. The Hall–Kier alpha value is -4.21. The van der Waals surface area contributed by atoms with Gasteiger partial charge in [0, 0.05) is 29.4 Å². The Balaban J connectivity index is 1.35. The molecule has 0 bridgehead atoms. The number of anilines is 5. The number of aromatic nitrogens is 3. The van der Waals surface area contributed by atoms with E-state index in [1.165, 1.54) is 6.08 Å². The van der Waals surface area contributed by atoms with Crippen LogP contribution in [0.4, 0.5) is 33.8 Å². The summed E-state index contributed by atoms with van der Waals surface area (Å²) in [6.45, 7) is 3.94. The molecule has 172 valence electrons. The number of carbonyl (C=O) groups is 2. The van der Waals surface area contributed by atoms with Crippen LogP contribution in [0.15, 0.2) is 53.7 Å². The molecule has 6 rings (SSSR count). The van der Waals surface area contributed by atoms with Crippen molar-refractivity contribution in [2.24, 2.45) is 0 Å². The highest BCUT2D eigenvalue weighted by Crippen LogP contribution is 2.41. The van der Waals surface area contributed by atoms with Crippen LogP contribution in [-0.2, 0) is 11.3 Å². The molecule has 0 saturated heterocycles. The number of amides is 3. The fourth-order valence-electron chi connectivity index (χ4n) is 4.03. The zero-order chi connectivity index (χ0) is 23.2. The lowest BCUT2D eigenvalue weighted by molar-refractivity contribution is -0.111. The minimum absolute atomic E-state index is 0.150. The van der Waals surface area contributed by atoms with E-state index in [1.807, 2.05) is 11.0 Å². The fourth-order valence-corrected chi connectivity index (χ4v) is 4.03. The van der Waals surface area contributed by atoms with E-state index in [-0.39, 0.29) is 18.0 Å². The maximum absolute atomic E-state index is 13.6. The number of hydrogen-bond donors (Lipinski definition) is 2. The number of nitrogens with zero attached hydrogens (tertiary/aromatic N) is 5. The highest BCUT2D eigenvalue weighted by atomic mass is 16.4. The maximum Gasteiger partial charge on any atom is 0.330 e. The molecule has 2 aromatic heterocycles. The molecule has 3 heterocycles. The third-order valence-electron chi connectivity index (χ3n) is 6.06. The van der Waals surface area contributed by atoms with Crippen LogP contribution in [0.1, 0.15) is 43.1 Å². The molecule has 0 spiro atoms. The first-order valence-electron chi connectivity index (χ1n) is 11.3. The predicted octanol–water partition coefficient (Wildman–Crippen LogP) is 4.45. The first-order chi connectivity index (χ1) is 16.6. The van der Waals surface area contributed by atoms with E-state index < -0.39 is 0 Å². The first kappa shape index (κ1) is 20.4. The molecule has 34 heavy (non-hydrogen) atoms. The van der Waals surface area contributed by atoms with Gasteiger partial charge in [0.15, 0.2) is 11.7 Å². The van der Waals surface area contributed by atoms with Crippen molar-refractivity contribution in [1.29, 1.82) is 0 Å². The number of benzene rings is 1. The number of carbonyl (C=O) groups excluding carboxylic acids is 2. The van der Waals surface area contributed by atoms with Crippen LogP contribution in [0.5, 0.6) is 0 Å². The quantitative estimate of drug-likeness (QED) is 0.504. The summed E-state index contributed by atoms with van der Waals surface area (Å²) in [5, 5.41) is 5.81. The topological polar surface area (TPSA) is 116 Å². The molecule has 3 amide bonds. The summed E-state index contributed by atoms with van der Waals surface area (Å²) in [6, 6.07) is 7.17. The molecule has 10 nitrogen and oxygen atoms in total. The van der Waals surface area contributed by atoms with Gasteiger partial charge in [0.2, 0.25) is 17.7 Å². The molecule has 3 aromatic rings. The lowest BCUT2D eigenvalue weighted by Gasteiger charge is -2.36. The van der Waals surface area contributed by atoms with Crippen LogP contribution in [-0.4, -0.2) is 37.8 Å². The van der Waals surface area contributed by atoms with Gasteiger partial charge in [0.05, 0.1) is 18.4 Å². The van der Waals surface area contributed by atoms with Gasteiger partial charge in [0.25, 0.3) is 0 Å². The van der Waals surface area contributed by atoms with Crippen molar-refractivity contribution >= 4 is 41.0 Å². The molecule has 2 aliphatic carbocycles. The van der Waals surface area contributed by atoms with Crippen molar-refractivity contribution < 1.29 is 14.0 Å². The lowest BCUT2D eigenvalue weighted by atomic mass is 10.1. The first-order valence-corrected chi connectivity index (χ1v) is 11.3. The molecule has 0 atom stereocenters. The average Bonchev–Trinajstić information content (AvgIpc) is 3.78. The minimum Gasteiger partial charge on any atom is -0.425 e. The molecule has 0 radical (unpaired) electrons. The largest absolute Gasteiger partial charge is 0.425 e. The van der Waals surface area contributed by atoms with Gasteiger partial charge in [-0.25, -0.2) is 19.7 Å². The van der Waals surface area contributed by atoms with Crippen LogP contribution >= 0.6 is 0 Å². The van der Waals surface area contributed by atoms with E-state index in [9.17, 15) is 9.59 Å². The molecule has 1 aliphatic heterocycles. The van der Waals surface area contributed by atoms with Crippen LogP contribution < -0.4 is 15.5 Å². The SMILES string of the molecule is C=CC(=O)Nc1cccc(N2C(=O)N(C3CC3)Cc3cnc(Nc4cnc(C5CC5)o4)nc32)c1. The Bertz CT molecular complexity index is 1300. The second-order valence-electron chi connectivity index (χ2n) is 8.73. The van der Waals surface area contributed by atoms with Gasteiger partial charge in [-0.2, -0.15) is 4.98 Å². The molecule has 0 unspecified atom stereocenters. The summed E-state index contributed by atoms with van der Waals surface area (Å²) in [5.74, 6) is 2.06. The van der Waals surface area contributed by atoms with Gasteiger partial charge >= 0.3 is 6.03 Å². The highest BCUT2D eigenvalue weighted by molar-refractivity contribution is 6.03. The monoisotopic (exact) mass is 457 g/mol. The average molecular weight is 457 g/mol. The molecule has 2 saturated carbocycles. The second kappa shape index (κ2) is 7.98. The third kappa shape index (κ3) is 3.87. The van der Waals surface area contributed by atoms with E-state index in [0.717, 1.165) is 37.1 Å². The Morgan fingerprint density at radius 1 is 1.18 bits per heavy atom. The van der Waals surface area contributed by atoms with Crippen molar-refractivity contribution in [2.75, 3.05) is 15.5 Å². The van der Waals surface area contributed by atoms with Crippen LogP contribution in [0.3, 0.4) is 0 Å². The van der Waals surface area contributed by atoms with E-state index >= 15 is 0 Å². The van der Waals surface area contributed by atoms with Crippen molar-refractivity contribution in [2.45, 2.75) is 44.2 Å². The van der Waals surface area contributed by atoms with E-state index in [4.69, 9.17) is 4.42 Å². The zero-order valence-corrected chi connectivity index (χ0v) is 18.4. The summed E-state index contributed by atoms with van der Waals surface area (Å²) >= 11 is 0. The van der Waals surface area contributed by atoms with Crippen LogP contribution in [0.25, 0.3) is 0 Å². The Kier molecular flexibility index (Phi) is 4.79. The molecule has 10 heteroatoms. The van der Waals surface area contributed by atoms with E-state index in [0.29, 0.717) is 41.5 Å². The summed E-state index contributed by atoms with van der Waals surface area (Å²) < 4.78 is 5.77. The van der Waals surface area contributed by atoms with Gasteiger partial charge in [-0.3, -0.25) is 10.1 Å². The maximum atomic E-state index is 13.6. The molecule has 1 aromatic carbocycles. The molecule has 2 N–H and O–H groups in total. The zero-order valence-electron chi connectivity index (χ0n) is 18.4. The molecule has 3 aliphatic rings. The highest BCUT2D eigenvalue weighted by Gasteiger charge is 2.41. The summed E-state index contributed by atoms with van der Waals surface area (Å²) in [7, 11) is 0. The summed E-state index contributed by atoms with van der Waals surface area (Å²) in [6.07, 6.45) is 8.72. The Labute approximate surface area is 195 Å². The Morgan fingerprint density at radius 3 is 2.79 bits per heavy atom. The number of urea groups is 1. The van der Waals surface area contributed by atoms with Crippen molar-refractivity contribution in [3.05, 3.63) is 60.8 Å². The van der Waals surface area contributed by atoms with Crippen molar-refractivity contribution in [3.8, 4) is 0 Å². The predicted molar refractivity (Wildman–Crippen MR) is 125 cm³/mol. The fraction of sp³-hybridized carbons (Fsp3) is 0.292. The van der Waals surface area contributed by atoms with Gasteiger partial charge in [-0.15, -0.1) is 0 Å². The van der Waals surface area contributed by atoms with Crippen LogP contribution in [0, 0.1) is 0 Å². The normalized spacial score (nSPS) is 17.4. The minimum atomic E-state index is -0.325. The summed E-state index contributed by atoms with van der Waals surface area (Å²) in [4.78, 5) is 42.2. The van der Waals surface area contributed by atoms with Gasteiger partial charge in [-0.05, 0) is 50.0 Å². The van der Waals surface area contributed by atoms with Gasteiger partial charge in [-0.1, -0.05) is 12.6 Å². The standard InChI is InChI=1S/C24H23N7O3/c1-2-19(32)27-16-4-3-5-18(10-16)31-21-15(13-30(24(31)33)17-8-9-17)11-26-23(29-21)28-20-12-25-22(34-20)14-6-7-14/h2-5,10-12,14,17H,1,6-9,13H2,(H,27,32)(H,26,28,29).